The Balaban J connectivity index is 1.53. The molecule has 1 aromatic heterocycles. The molecule has 0 aliphatic heterocycles. The minimum atomic E-state index is -1.06. The molecular formula is C25H20F2N2O3. The third-order valence-corrected chi connectivity index (χ3v) is 5.15. The lowest BCUT2D eigenvalue weighted by Crippen LogP contribution is -2.16. The van der Waals surface area contributed by atoms with Gasteiger partial charge in [0.15, 0.2) is 0 Å². The van der Waals surface area contributed by atoms with E-state index in [4.69, 9.17) is 4.74 Å². The third-order valence-electron chi connectivity index (χ3n) is 5.15. The number of hydrogen-bond donors (Lipinski definition) is 1. The standard InChI is InChI=1S/C25H20F2N2O3/c26-20-6-2-18(3-7-20)23-13-17(1-10-22(23)25(30)31)14-32-15-24(29-12-11-28-16-29)19-4-8-21(27)9-5-19/h1-13,16,24H,14-15H2,(H,30,31). The van der Waals surface area contributed by atoms with Gasteiger partial charge < -0.3 is 14.4 Å². The Kier molecular flexibility index (Phi) is 6.37. The Bertz CT molecular complexity index is 1190. The molecule has 7 heteroatoms. The molecule has 32 heavy (non-hydrogen) atoms. The highest BCUT2D eigenvalue weighted by atomic mass is 19.1. The van der Waals surface area contributed by atoms with Crippen LogP contribution in [-0.2, 0) is 11.3 Å². The molecule has 0 bridgehead atoms. The predicted molar refractivity (Wildman–Crippen MR) is 115 cm³/mol. The van der Waals surface area contributed by atoms with Crippen LogP contribution in [0.15, 0.2) is 85.5 Å². The molecule has 0 radical (unpaired) electrons. The van der Waals surface area contributed by atoms with Crippen molar-refractivity contribution in [1.82, 2.24) is 9.55 Å². The first-order valence-electron chi connectivity index (χ1n) is 9.94. The van der Waals surface area contributed by atoms with Crippen molar-refractivity contribution in [3.05, 3.63) is 114 Å². The molecule has 1 heterocycles. The van der Waals surface area contributed by atoms with E-state index >= 15 is 0 Å². The smallest absolute Gasteiger partial charge is 0.336 e. The number of aromatic carboxylic acids is 1. The lowest BCUT2D eigenvalue weighted by Gasteiger charge is -2.19. The topological polar surface area (TPSA) is 64.3 Å². The summed E-state index contributed by atoms with van der Waals surface area (Å²) in [6, 6.07) is 16.6. The number of benzene rings is 3. The van der Waals surface area contributed by atoms with Crippen molar-refractivity contribution >= 4 is 5.97 Å². The molecule has 0 spiro atoms. The second-order valence-electron chi connectivity index (χ2n) is 7.28. The summed E-state index contributed by atoms with van der Waals surface area (Å²) in [6.45, 7) is 0.537. The van der Waals surface area contributed by atoms with Crippen LogP contribution < -0.4 is 0 Å². The summed E-state index contributed by atoms with van der Waals surface area (Å²) in [4.78, 5) is 15.7. The van der Waals surface area contributed by atoms with E-state index in [0.717, 1.165) is 11.1 Å². The third kappa shape index (κ3) is 4.90. The number of carboxylic acids is 1. The van der Waals surface area contributed by atoms with Gasteiger partial charge in [-0.1, -0.05) is 30.3 Å². The number of halogens is 2. The highest BCUT2D eigenvalue weighted by Crippen LogP contribution is 2.27. The van der Waals surface area contributed by atoms with E-state index in [1.807, 2.05) is 10.8 Å². The fourth-order valence-corrected chi connectivity index (χ4v) is 3.52. The largest absolute Gasteiger partial charge is 0.478 e. The predicted octanol–water partition coefficient (Wildman–Crippen LogP) is 5.33. The lowest BCUT2D eigenvalue weighted by molar-refractivity contribution is 0.0697. The van der Waals surface area contributed by atoms with Gasteiger partial charge >= 0.3 is 5.97 Å². The van der Waals surface area contributed by atoms with Crippen LogP contribution in [0, 0.1) is 11.6 Å². The second kappa shape index (κ2) is 9.53. The summed E-state index contributed by atoms with van der Waals surface area (Å²) < 4.78 is 34.5. The van der Waals surface area contributed by atoms with E-state index in [-0.39, 0.29) is 24.0 Å². The fourth-order valence-electron chi connectivity index (χ4n) is 3.52. The average Bonchev–Trinajstić information content (AvgIpc) is 3.32. The molecule has 1 N–H and O–H groups in total. The van der Waals surface area contributed by atoms with Crippen LogP contribution >= 0.6 is 0 Å². The van der Waals surface area contributed by atoms with Crippen LogP contribution in [0.4, 0.5) is 8.78 Å². The number of ether oxygens (including phenoxy) is 1. The van der Waals surface area contributed by atoms with E-state index in [1.54, 1.807) is 48.9 Å². The molecule has 0 saturated carbocycles. The van der Waals surface area contributed by atoms with Crippen LogP contribution in [0.2, 0.25) is 0 Å². The molecule has 5 nitrogen and oxygen atoms in total. The molecular weight excluding hydrogens is 414 g/mol. The van der Waals surface area contributed by atoms with E-state index in [2.05, 4.69) is 4.98 Å². The fraction of sp³-hybridized carbons (Fsp3) is 0.120. The minimum Gasteiger partial charge on any atom is -0.478 e. The number of imidazole rings is 1. The van der Waals surface area contributed by atoms with Crippen molar-refractivity contribution in [2.75, 3.05) is 6.61 Å². The first kappa shape index (κ1) is 21.4. The van der Waals surface area contributed by atoms with Gasteiger partial charge in [0, 0.05) is 12.4 Å². The van der Waals surface area contributed by atoms with E-state index in [9.17, 15) is 18.7 Å². The summed E-state index contributed by atoms with van der Waals surface area (Å²) in [5, 5.41) is 9.53. The number of carbonyl (C=O) groups is 1. The Morgan fingerprint density at radius 2 is 1.69 bits per heavy atom. The Morgan fingerprint density at radius 3 is 2.31 bits per heavy atom. The Hall–Kier alpha value is -3.84. The highest BCUT2D eigenvalue weighted by Gasteiger charge is 2.16. The highest BCUT2D eigenvalue weighted by molar-refractivity contribution is 5.96. The molecule has 0 fully saturated rings. The normalized spacial score (nSPS) is 11.9. The lowest BCUT2D eigenvalue weighted by atomic mass is 9.97. The second-order valence-corrected chi connectivity index (χ2v) is 7.28. The van der Waals surface area contributed by atoms with Gasteiger partial charge in [-0.05, 0) is 58.7 Å². The minimum absolute atomic E-state index is 0.128. The van der Waals surface area contributed by atoms with Crippen LogP contribution in [0.3, 0.4) is 0 Å². The molecule has 0 saturated heterocycles. The Labute approximate surface area is 183 Å². The quantitative estimate of drug-likeness (QED) is 0.407. The van der Waals surface area contributed by atoms with Crippen LogP contribution in [0.1, 0.15) is 27.5 Å². The summed E-state index contributed by atoms with van der Waals surface area (Å²) in [7, 11) is 0. The van der Waals surface area contributed by atoms with Crippen LogP contribution in [-0.4, -0.2) is 27.2 Å². The zero-order valence-corrected chi connectivity index (χ0v) is 17.0. The zero-order chi connectivity index (χ0) is 22.5. The van der Waals surface area contributed by atoms with Gasteiger partial charge in [0.2, 0.25) is 0 Å². The van der Waals surface area contributed by atoms with E-state index < -0.39 is 11.8 Å². The average molecular weight is 434 g/mol. The number of hydrogen-bond acceptors (Lipinski definition) is 3. The van der Waals surface area contributed by atoms with Crippen molar-refractivity contribution in [2.45, 2.75) is 12.6 Å². The van der Waals surface area contributed by atoms with Crippen molar-refractivity contribution in [2.24, 2.45) is 0 Å². The molecule has 3 aromatic carbocycles. The summed E-state index contributed by atoms with van der Waals surface area (Å²) in [5.41, 5.74) is 2.87. The number of aromatic nitrogens is 2. The SMILES string of the molecule is O=C(O)c1ccc(COCC(c2ccc(F)cc2)n2ccnc2)cc1-c1ccc(F)cc1. The van der Waals surface area contributed by atoms with Gasteiger partial charge in [-0.3, -0.25) is 0 Å². The molecule has 162 valence electrons. The maximum atomic E-state index is 13.3. The van der Waals surface area contributed by atoms with Crippen LogP contribution in [0.25, 0.3) is 11.1 Å². The zero-order valence-electron chi connectivity index (χ0n) is 17.0. The van der Waals surface area contributed by atoms with Crippen molar-refractivity contribution in [1.29, 1.82) is 0 Å². The molecule has 0 aliphatic carbocycles. The molecule has 1 atom stereocenters. The van der Waals surface area contributed by atoms with Gasteiger partial charge in [0.05, 0.1) is 31.1 Å². The van der Waals surface area contributed by atoms with Gasteiger partial charge in [0.1, 0.15) is 11.6 Å². The van der Waals surface area contributed by atoms with Crippen LogP contribution in [0.5, 0.6) is 0 Å². The molecule has 0 aliphatic rings. The molecule has 4 rings (SSSR count). The number of carboxylic acid groups (broad SMARTS) is 1. The molecule has 0 amide bonds. The van der Waals surface area contributed by atoms with Crippen molar-refractivity contribution in [3.8, 4) is 11.1 Å². The Morgan fingerprint density at radius 1 is 1.00 bits per heavy atom. The first-order valence-corrected chi connectivity index (χ1v) is 9.94. The van der Waals surface area contributed by atoms with E-state index in [1.165, 1.54) is 30.3 Å². The molecule has 1 unspecified atom stereocenters. The summed E-state index contributed by atoms with van der Waals surface area (Å²) in [5.74, 6) is -1.77. The van der Waals surface area contributed by atoms with Gasteiger partial charge in [-0.25, -0.2) is 18.6 Å². The monoisotopic (exact) mass is 434 g/mol. The number of rotatable bonds is 8. The summed E-state index contributed by atoms with van der Waals surface area (Å²) >= 11 is 0. The van der Waals surface area contributed by atoms with Gasteiger partial charge in [-0.15, -0.1) is 0 Å². The molecule has 4 aromatic rings. The first-order chi connectivity index (χ1) is 15.5. The van der Waals surface area contributed by atoms with Crippen molar-refractivity contribution < 1.29 is 23.4 Å². The maximum absolute atomic E-state index is 13.3. The van der Waals surface area contributed by atoms with Crippen molar-refractivity contribution in [3.63, 3.8) is 0 Å². The maximum Gasteiger partial charge on any atom is 0.336 e. The van der Waals surface area contributed by atoms with Gasteiger partial charge in [-0.2, -0.15) is 0 Å². The number of nitrogens with zero attached hydrogens (tertiary/aromatic N) is 2. The van der Waals surface area contributed by atoms with E-state index in [0.29, 0.717) is 17.7 Å². The summed E-state index contributed by atoms with van der Waals surface area (Å²) in [6.07, 6.45) is 5.15. The van der Waals surface area contributed by atoms with Gasteiger partial charge in [0.25, 0.3) is 0 Å².